The molecule has 0 bridgehead atoms. The number of nitrogens with zero attached hydrogens (tertiary/aromatic N) is 1. The highest BCUT2D eigenvalue weighted by atomic mass is 32.2. The number of halogens is 3. The van der Waals surface area contributed by atoms with E-state index in [9.17, 15) is 18.0 Å². The largest absolute Gasteiger partial charge is 0.433 e. The molecule has 146 valence electrons. The highest BCUT2D eigenvalue weighted by molar-refractivity contribution is 8.03. The minimum absolute atomic E-state index is 0.114. The van der Waals surface area contributed by atoms with Crippen molar-refractivity contribution in [3.63, 3.8) is 0 Å². The van der Waals surface area contributed by atoms with E-state index in [1.807, 2.05) is 30.5 Å². The fourth-order valence-electron chi connectivity index (χ4n) is 3.76. The van der Waals surface area contributed by atoms with Crippen LogP contribution in [-0.4, -0.2) is 17.7 Å². The van der Waals surface area contributed by atoms with Crippen molar-refractivity contribution in [2.75, 3.05) is 6.54 Å². The van der Waals surface area contributed by atoms with Gasteiger partial charge in [0.2, 0.25) is 0 Å². The molecule has 2 aliphatic heterocycles. The van der Waals surface area contributed by atoms with Gasteiger partial charge in [0.05, 0.1) is 5.56 Å². The van der Waals surface area contributed by atoms with Crippen molar-refractivity contribution in [3.05, 3.63) is 76.8 Å². The molecule has 2 unspecified atom stereocenters. The van der Waals surface area contributed by atoms with Gasteiger partial charge in [-0.3, -0.25) is 0 Å². The Bertz CT molecular complexity index is 934. The van der Waals surface area contributed by atoms with E-state index in [0.29, 0.717) is 18.7 Å². The number of carbonyl (C=O) groups is 1. The van der Waals surface area contributed by atoms with Crippen LogP contribution in [0.25, 0.3) is 0 Å². The van der Waals surface area contributed by atoms with Gasteiger partial charge in [0.1, 0.15) is 12.2 Å². The molecule has 2 heterocycles. The molecule has 2 aromatic carbocycles. The minimum atomic E-state index is -4.41. The van der Waals surface area contributed by atoms with E-state index in [4.69, 9.17) is 0 Å². The molecule has 1 fully saturated rings. The molecule has 28 heavy (non-hydrogen) atoms. The molecule has 0 aliphatic carbocycles. The first-order valence-corrected chi connectivity index (χ1v) is 9.70. The van der Waals surface area contributed by atoms with E-state index in [1.165, 1.54) is 23.9 Å². The number of carbonyl (C=O) groups excluding carboxylic acids is 1. The lowest BCUT2D eigenvalue weighted by molar-refractivity contribution is -0.137. The zero-order valence-electron chi connectivity index (χ0n) is 15.1. The number of hydrogen-bond acceptors (Lipinski definition) is 3. The summed E-state index contributed by atoms with van der Waals surface area (Å²) in [6, 6.07) is 12.7. The van der Waals surface area contributed by atoms with Crippen LogP contribution >= 0.6 is 11.8 Å². The van der Waals surface area contributed by atoms with Gasteiger partial charge in [0.15, 0.2) is 0 Å². The van der Waals surface area contributed by atoms with Crippen LogP contribution in [0.15, 0.2) is 60.1 Å². The topological polar surface area (TPSA) is 41.1 Å². The molecule has 4 nitrogen and oxygen atoms in total. The van der Waals surface area contributed by atoms with Crippen LogP contribution < -0.4 is 15.1 Å². The zero-order chi connectivity index (χ0) is 20.0. The van der Waals surface area contributed by atoms with Crippen LogP contribution in [0.4, 0.5) is 23.7 Å². The van der Waals surface area contributed by atoms with Crippen molar-refractivity contribution >= 4 is 23.5 Å². The van der Waals surface area contributed by atoms with E-state index >= 15 is 0 Å². The second-order valence-corrected chi connectivity index (χ2v) is 8.05. The predicted molar refractivity (Wildman–Crippen MR) is 104 cm³/mol. The first kappa shape index (κ1) is 18.9. The molecule has 2 amide bonds. The summed E-state index contributed by atoms with van der Waals surface area (Å²) in [7, 11) is 0. The summed E-state index contributed by atoms with van der Waals surface area (Å²) < 4.78 is 38.8. The quantitative estimate of drug-likeness (QED) is 0.723. The van der Waals surface area contributed by atoms with Crippen LogP contribution in [0, 0.1) is 6.92 Å². The highest BCUT2D eigenvalue weighted by Gasteiger charge is 2.70. The van der Waals surface area contributed by atoms with E-state index in [1.54, 1.807) is 6.20 Å². The molecule has 0 aromatic heterocycles. The molecule has 0 saturated carbocycles. The molecule has 1 saturated heterocycles. The Morgan fingerprint density at radius 1 is 1.14 bits per heavy atom. The van der Waals surface area contributed by atoms with Crippen molar-refractivity contribution in [3.8, 4) is 0 Å². The number of urea groups is 1. The Morgan fingerprint density at radius 3 is 2.46 bits per heavy atom. The summed E-state index contributed by atoms with van der Waals surface area (Å²) in [5.74, 6) is 0. The fourth-order valence-corrected chi connectivity index (χ4v) is 4.84. The first-order valence-electron chi connectivity index (χ1n) is 8.82. The standard InChI is InChI=1S/C20H18F3N3OS/c1-14-3-2-4-15(13-14)9-11-26(18(27)25-20(26)24-10-12-28-20)17-7-5-16(6-8-17)19(21,22)23/h2-8,10,12-13,24H,9,11H2,1H3/p+1. The Balaban J connectivity index is 1.71. The third-order valence-corrected chi connectivity index (χ3v) is 6.34. The van der Waals surface area contributed by atoms with Crippen molar-refractivity contribution in [2.45, 2.75) is 24.6 Å². The maximum absolute atomic E-state index is 13.0. The number of benzene rings is 2. The van der Waals surface area contributed by atoms with Gasteiger partial charge in [-0.25, -0.2) is 10.1 Å². The molecule has 1 spiro atoms. The lowest BCUT2D eigenvalue weighted by atomic mass is 10.1. The third-order valence-electron chi connectivity index (χ3n) is 5.20. The van der Waals surface area contributed by atoms with E-state index in [0.717, 1.165) is 23.3 Å². The lowest BCUT2D eigenvalue weighted by Crippen LogP contribution is -2.90. The van der Waals surface area contributed by atoms with Gasteiger partial charge in [-0.05, 0) is 41.8 Å². The summed E-state index contributed by atoms with van der Waals surface area (Å²) in [5.41, 5.74) is 1.99. The average Bonchev–Trinajstić information content (AvgIpc) is 3.13. The maximum atomic E-state index is 13.0. The van der Waals surface area contributed by atoms with Gasteiger partial charge in [0, 0.05) is 24.8 Å². The first-order chi connectivity index (χ1) is 13.3. The van der Waals surface area contributed by atoms with Crippen LogP contribution in [0.2, 0.25) is 0 Å². The van der Waals surface area contributed by atoms with E-state index in [2.05, 4.69) is 16.7 Å². The van der Waals surface area contributed by atoms with E-state index < -0.39 is 16.9 Å². The average molecular weight is 406 g/mol. The number of rotatable bonds is 4. The molecule has 2 aliphatic rings. The summed E-state index contributed by atoms with van der Waals surface area (Å²) >= 11 is 1.41. The van der Waals surface area contributed by atoms with Gasteiger partial charge < -0.3 is 5.32 Å². The second kappa shape index (κ2) is 6.56. The minimum Gasteiger partial charge on any atom is -0.311 e. The van der Waals surface area contributed by atoms with Crippen molar-refractivity contribution in [1.82, 2.24) is 15.1 Å². The summed E-state index contributed by atoms with van der Waals surface area (Å²) in [6.07, 6.45) is -2.06. The highest BCUT2D eigenvalue weighted by Crippen LogP contribution is 2.47. The van der Waals surface area contributed by atoms with Crippen molar-refractivity contribution in [2.24, 2.45) is 0 Å². The van der Waals surface area contributed by atoms with Crippen LogP contribution in [0.5, 0.6) is 0 Å². The number of hydrogen-bond donors (Lipinski definition) is 2. The number of aryl methyl sites for hydroxylation is 1. The summed E-state index contributed by atoms with van der Waals surface area (Å²) in [5, 5.41) is 7.09. The molecule has 4 rings (SSSR count). The molecular formula is C20H19F3N3OS+. The Morgan fingerprint density at radius 2 is 1.89 bits per heavy atom. The Labute approximate surface area is 165 Å². The van der Waals surface area contributed by atoms with Gasteiger partial charge in [-0.1, -0.05) is 29.8 Å². The number of quaternary nitrogens is 1. The van der Waals surface area contributed by atoms with Crippen LogP contribution in [-0.2, 0) is 12.6 Å². The van der Waals surface area contributed by atoms with E-state index in [-0.39, 0.29) is 10.5 Å². The number of amides is 2. The second-order valence-electron chi connectivity index (χ2n) is 6.96. The van der Waals surface area contributed by atoms with Crippen molar-refractivity contribution in [1.29, 1.82) is 0 Å². The summed E-state index contributed by atoms with van der Waals surface area (Å²) in [4.78, 5) is 12.8. The van der Waals surface area contributed by atoms with Crippen LogP contribution in [0.1, 0.15) is 16.7 Å². The third kappa shape index (κ3) is 2.87. The van der Waals surface area contributed by atoms with Gasteiger partial charge in [-0.15, -0.1) is 0 Å². The molecule has 2 atom stereocenters. The van der Waals surface area contributed by atoms with Crippen molar-refractivity contribution < 1.29 is 18.0 Å². The predicted octanol–water partition coefficient (Wildman–Crippen LogP) is 4.71. The van der Waals surface area contributed by atoms with Crippen LogP contribution in [0.3, 0.4) is 0 Å². The molecule has 8 heteroatoms. The normalized spacial score (nSPS) is 26.1. The number of thioether (sulfide) groups is 1. The maximum Gasteiger partial charge on any atom is 0.433 e. The zero-order valence-corrected chi connectivity index (χ0v) is 15.9. The summed E-state index contributed by atoms with van der Waals surface area (Å²) in [6.45, 7) is 2.42. The molecule has 0 radical (unpaired) electrons. The number of alkyl halides is 3. The van der Waals surface area contributed by atoms with Gasteiger partial charge in [0.25, 0.3) is 0 Å². The molecule has 2 aromatic rings. The molecule has 2 N–H and O–H groups in total. The Hall–Kier alpha value is -2.45. The van der Waals surface area contributed by atoms with Gasteiger partial charge in [-0.2, -0.15) is 17.7 Å². The monoisotopic (exact) mass is 406 g/mol. The SMILES string of the molecule is Cc1cccc(CC[N+]2(c3ccc(C(F)(F)F)cc3)C(=O)NC23NC=CS3)c1. The number of nitrogens with one attached hydrogen (secondary N) is 2. The smallest absolute Gasteiger partial charge is 0.311 e. The lowest BCUT2D eigenvalue weighted by Gasteiger charge is -2.54. The molecular weight excluding hydrogens is 387 g/mol. The Kier molecular flexibility index (Phi) is 4.43. The fraction of sp³-hybridized carbons (Fsp3) is 0.250. The van der Waals surface area contributed by atoms with Gasteiger partial charge >= 0.3 is 17.3 Å².